The van der Waals surface area contributed by atoms with E-state index in [4.69, 9.17) is 27.9 Å². The average molecular weight is 524 g/mol. The van der Waals surface area contributed by atoms with Gasteiger partial charge in [-0.2, -0.15) is 10.5 Å². The van der Waals surface area contributed by atoms with Gasteiger partial charge in [-0.3, -0.25) is 25.0 Å². The molecule has 13 heteroatoms. The van der Waals surface area contributed by atoms with Gasteiger partial charge in [-0.25, -0.2) is 0 Å². The summed E-state index contributed by atoms with van der Waals surface area (Å²) in [5, 5.41) is 42.4. The highest BCUT2D eigenvalue weighted by atomic mass is 35.5. The monoisotopic (exact) mass is 523 g/mol. The maximum Gasteiger partial charge on any atom is 0.272 e. The number of halogens is 2. The van der Waals surface area contributed by atoms with Gasteiger partial charge in [-0.05, 0) is 29.8 Å². The van der Waals surface area contributed by atoms with Gasteiger partial charge in [0.25, 0.3) is 17.3 Å². The number of amides is 1. The lowest BCUT2D eigenvalue weighted by Gasteiger charge is -2.09. The number of carbonyl (C=O) groups excluding carboxylic acids is 1. The number of ether oxygens (including phenoxy) is 1. The molecule has 3 aromatic carbocycles. The molecule has 36 heavy (non-hydrogen) atoms. The van der Waals surface area contributed by atoms with Crippen molar-refractivity contribution in [1.29, 1.82) is 10.5 Å². The van der Waals surface area contributed by atoms with Gasteiger partial charge >= 0.3 is 0 Å². The van der Waals surface area contributed by atoms with E-state index in [1.165, 1.54) is 42.5 Å². The van der Waals surface area contributed by atoms with Crippen LogP contribution in [0.4, 0.5) is 17.1 Å². The number of rotatable bonds is 7. The fourth-order valence-electron chi connectivity index (χ4n) is 2.85. The Bertz CT molecular complexity index is 1480. The van der Waals surface area contributed by atoms with Gasteiger partial charge < -0.3 is 10.1 Å². The SMILES string of the molecule is N#C/C(=C\c1ccc(Oc2ccc([N+](=O)[O-])cc2C#N)cc1)C(=O)Nc1c(Cl)cc([N+](=O)[O-])cc1Cl. The van der Waals surface area contributed by atoms with Crippen LogP contribution in [0.25, 0.3) is 6.08 Å². The van der Waals surface area contributed by atoms with Crippen LogP contribution in [0.5, 0.6) is 11.5 Å². The summed E-state index contributed by atoms with van der Waals surface area (Å²) in [5.41, 5.74) is -0.596. The summed E-state index contributed by atoms with van der Waals surface area (Å²) in [4.78, 5) is 33.0. The van der Waals surface area contributed by atoms with Crippen molar-refractivity contribution >= 4 is 52.2 Å². The molecule has 1 N–H and O–H groups in total. The number of nitriles is 2. The van der Waals surface area contributed by atoms with E-state index in [-0.39, 0.29) is 44.0 Å². The summed E-state index contributed by atoms with van der Waals surface area (Å²) in [6.07, 6.45) is 1.28. The first-order chi connectivity index (χ1) is 17.1. The molecule has 0 aliphatic rings. The minimum Gasteiger partial charge on any atom is -0.456 e. The molecule has 0 aliphatic heterocycles. The van der Waals surface area contributed by atoms with Gasteiger partial charge in [0.05, 0.1) is 25.6 Å². The van der Waals surface area contributed by atoms with E-state index in [2.05, 4.69) is 5.32 Å². The topological polar surface area (TPSA) is 172 Å². The second-order valence-corrected chi connectivity index (χ2v) is 7.70. The predicted molar refractivity (Wildman–Crippen MR) is 130 cm³/mol. The molecule has 0 radical (unpaired) electrons. The highest BCUT2D eigenvalue weighted by Crippen LogP contribution is 2.35. The molecule has 0 unspecified atom stereocenters. The van der Waals surface area contributed by atoms with Crippen molar-refractivity contribution in [3.8, 4) is 23.6 Å². The third-order valence-corrected chi connectivity index (χ3v) is 5.15. The third-order valence-electron chi connectivity index (χ3n) is 4.55. The number of hydrogen-bond donors (Lipinski definition) is 1. The van der Waals surface area contributed by atoms with Gasteiger partial charge in [0.1, 0.15) is 34.8 Å². The van der Waals surface area contributed by atoms with Crippen LogP contribution in [0.1, 0.15) is 11.1 Å². The molecule has 0 saturated heterocycles. The van der Waals surface area contributed by atoms with Gasteiger partial charge in [0, 0.05) is 24.3 Å². The first kappa shape index (κ1) is 25.6. The van der Waals surface area contributed by atoms with Crippen LogP contribution in [0.15, 0.2) is 60.2 Å². The summed E-state index contributed by atoms with van der Waals surface area (Å²) in [6, 6.07) is 15.3. The number of benzene rings is 3. The Morgan fingerprint density at radius 1 is 0.944 bits per heavy atom. The van der Waals surface area contributed by atoms with E-state index >= 15 is 0 Å². The van der Waals surface area contributed by atoms with E-state index in [9.17, 15) is 35.5 Å². The van der Waals surface area contributed by atoms with Crippen LogP contribution in [0.2, 0.25) is 10.0 Å². The van der Waals surface area contributed by atoms with Gasteiger partial charge in [-0.15, -0.1) is 0 Å². The normalized spacial score (nSPS) is 10.6. The molecule has 3 aromatic rings. The zero-order valence-electron chi connectivity index (χ0n) is 17.8. The van der Waals surface area contributed by atoms with Crippen LogP contribution in [-0.2, 0) is 4.79 Å². The van der Waals surface area contributed by atoms with Gasteiger partial charge in [0.2, 0.25) is 0 Å². The first-order valence-electron chi connectivity index (χ1n) is 9.66. The highest BCUT2D eigenvalue weighted by Gasteiger charge is 2.18. The van der Waals surface area contributed by atoms with Crippen LogP contribution in [-0.4, -0.2) is 15.8 Å². The summed E-state index contributed by atoms with van der Waals surface area (Å²) in [6.45, 7) is 0. The largest absolute Gasteiger partial charge is 0.456 e. The van der Waals surface area contributed by atoms with Crippen molar-refractivity contribution in [2.45, 2.75) is 0 Å². The van der Waals surface area contributed by atoms with E-state index in [1.54, 1.807) is 6.07 Å². The van der Waals surface area contributed by atoms with Crippen LogP contribution < -0.4 is 10.1 Å². The number of nitrogens with one attached hydrogen (secondary N) is 1. The lowest BCUT2D eigenvalue weighted by Crippen LogP contribution is -2.14. The Balaban J connectivity index is 1.78. The molecule has 0 atom stereocenters. The molecule has 11 nitrogen and oxygen atoms in total. The van der Waals surface area contributed by atoms with Gasteiger partial charge in [0.15, 0.2) is 0 Å². The van der Waals surface area contributed by atoms with E-state index in [0.29, 0.717) is 11.3 Å². The molecule has 3 rings (SSSR count). The minimum absolute atomic E-state index is 0.0276. The van der Waals surface area contributed by atoms with Crippen molar-refractivity contribution in [2.24, 2.45) is 0 Å². The van der Waals surface area contributed by atoms with Crippen molar-refractivity contribution < 1.29 is 19.4 Å². The zero-order valence-corrected chi connectivity index (χ0v) is 19.3. The van der Waals surface area contributed by atoms with Crippen molar-refractivity contribution in [3.63, 3.8) is 0 Å². The lowest BCUT2D eigenvalue weighted by atomic mass is 10.1. The minimum atomic E-state index is -0.847. The smallest absolute Gasteiger partial charge is 0.272 e. The molecule has 0 bridgehead atoms. The zero-order chi connectivity index (χ0) is 26.4. The lowest BCUT2D eigenvalue weighted by molar-refractivity contribution is -0.385. The Hall–Kier alpha value is -4.97. The molecule has 0 aliphatic carbocycles. The molecule has 1 amide bonds. The molecule has 178 valence electrons. The summed E-state index contributed by atoms with van der Waals surface area (Å²) < 4.78 is 5.61. The summed E-state index contributed by atoms with van der Waals surface area (Å²) in [5.74, 6) is -0.440. The maximum atomic E-state index is 12.6. The van der Waals surface area contributed by atoms with Crippen LogP contribution in [0.3, 0.4) is 0 Å². The predicted octanol–water partition coefficient (Wildman–Crippen LogP) is 6.02. The number of non-ortho nitro benzene ring substituents is 2. The number of nitro groups is 2. The average Bonchev–Trinajstić information content (AvgIpc) is 2.85. The van der Waals surface area contributed by atoms with Crippen LogP contribution >= 0.6 is 23.2 Å². The number of hydrogen-bond acceptors (Lipinski definition) is 8. The molecule has 0 spiro atoms. The summed E-state index contributed by atoms with van der Waals surface area (Å²) in [7, 11) is 0. The van der Waals surface area contributed by atoms with E-state index < -0.39 is 15.8 Å². The maximum absolute atomic E-state index is 12.6. The number of carbonyl (C=O) groups is 1. The van der Waals surface area contributed by atoms with Crippen LogP contribution in [0, 0.1) is 42.9 Å². The Labute approximate surface area is 212 Å². The Morgan fingerprint density at radius 2 is 1.56 bits per heavy atom. The Kier molecular flexibility index (Phi) is 7.82. The fourth-order valence-corrected chi connectivity index (χ4v) is 3.42. The molecule has 0 heterocycles. The first-order valence-corrected chi connectivity index (χ1v) is 10.4. The molecule has 0 fully saturated rings. The highest BCUT2D eigenvalue weighted by molar-refractivity contribution is 6.40. The van der Waals surface area contributed by atoms with E-state index in [0.717, 1.165) is 18.2 Å². The second kappa shape index (κ2) is 11.0. The van der Waals surface area contributed by atoms with Crippen molar-refractivity contribution in [1.82, 2.24) is 0 Å². The summed E-state index contributed by atoms with van der Waals surface area (Å²) >= 11 is 12.0. The van der Waals surface area contributed by atoms with Crippen molar-refractivity contribution in [2.75, 3.05) is 5.32 Å². The van der Waals surface area contributed by atoms with Gasteiger partial charge in [-0.1, -0.05) is 35.3 Å². The van der Waals surface area contributed by atoms with E-state index in [1.807, 2.05) is 6.07 Å². The molecule has 0 saturated carbocycles. The quantitative estimate of drug-likeness (QED) is 0.169. The number of nitrogens with zero attached hydrogens (tertiary/aromatic N) is 4. The second-order valence-electron chi connectivity index (χ2n) is 6.89. The molecular formula is C23H11Cl2N5O6. The molecule has 0 aromatic heterocycles. The standard InChI is InChI=1S/C23H11Cl2N5O6/c24-19-9-17(30(34)35)10-20(25)22(19)28-23(31)15(12-27)7-13-1-4-18(5-2-13)36-21-6-3-16(29(32)33)8-14(21)11-26/h1-10H,(H,28,31)/b15-7+. The third kappa shape index (κ3) is 5.93. The Morgan fingerprint density at radius 3 is 2.08 bits per heavy atom. The number of anilines is 1. The van der Waals surface area contributed by atoms with Crippen molar-refractivity contribution in [3.05, 3.63) is 102 Å². The molecular weight excluding hydrogens is 513 g/mol. The number of nitro benzene ring substituents is 2. The fraction of sp³-hybridized carbons (Fsp3) is 0.